The first kappa shape index (κ1) is 20.4. The van der Waals surface area contributed by atoms with E-state index in [0.717, 1.165) is 31.2 Å². The SMILES string of the molecule is O=C(c1cnccn1)N1CC(=O)N(C2CCCCC2)CC(OCc2ccncc2)C1. The Hall–Kier alpha value is -2.87. The number of hydrogen-bond donors (Lipinski definition) is 0. The molecule has 30 heavy (non-hydrogen) atoms. The molecular formula is C22H27N5O3. The van der Waals surface area contributed by atoms with E-state index in [-0.39, 0.29) is 36.2 Å². The molecule has 1 atom stereocenters. The van der Waals surface area contributed by atoms with Gasteiger partial charge in [-0.2, -0.15) is 0 Å². The van der Waals surface area contributed by atoms with Crippen molar-refractivity contribution in [1.82, 2.24) is 24.8 Å². The van der Waals surface area contributed by atoms with Gasteiger partial charge < -0.3 is 14.5 Å². The smallest absolute Gasteiger partial charge is 0.274 e. The van der Waals surface area contributed by atoms with Crippen LogP contribution < -0.4 is 0 Å². The summed E-state index contributed by atoms with van der Waals surface area (Å²) in [6, 6.07) is 4.04. The Bertz CT molecular complexity index is 842. The van der Waals surface area contributed by atoms with Gasteiger partial charge in [-0.1, -0.05) is 19.3 Å². The molecule has 1 aliphatic carbocycles. The zero-order chi connectivity index (χ0) is 20.8. The topological polar surface area (TPSA) is 88.5 Å². The number of hydrogen-bond acceptors (Lipinski definition) is 6. The summed E-state index contributed by atoms with van der Waals surface area (Å²) in [6.45, 7) is 1.29. The van der Waals surface area contributed by atoms with Crippen molar-refractivity contribution >= 4 is 11.8 Å². The van der Waals surface area contributed by atoms with Crippen molar-refractivity contribution in [2.24, 2.45) is 0 Å². The highest BCUT2D eigenvalue weighted by molar-refractivity contribution is 5.95. The van der Waals surface area contributed by atoms with Crippen LogP contribution in [0.15, 0.2) is 43.1 Å². The van der Waals surface area contributed by atoms with Crippen molar-refractivity contribution in [2.45, 2.75) is 50.9 Å². The maximum absolute atomic E-state index is 13.1. The molecule has 1 unspecified atom stereocenters. The van der Waals surface area contributed by atoms with Gasteiger partial charge >= 0.3 is 0 Å². The van der Waals surface area contributed by atoms with E-state index in [1.807, 2.05) is 17.0 Å². The number of rotatable bonds is 5. The fourth-order valence-electron chi connectivity index (χ4n) is 4.21. The first-order chi connectivity index (χ1) is 14.7. The third-order valence-electron chi connectivity index (χ3n) is 5.79. The molecule has 2 aromatic rings. The fraction of sp³-hybridized carbons (Fsp3) is 0.500. The second-order valence-electron chi connectivity index (χ2n) is 7.90. The van der Waals surface area contributed by atoms with Gasteiger partial charge in [-0.05, 0) is 30.5 Å². The van der Waals surface area contributed by atoms with E-state index in [4.69, 9.17) is 4.74 Å². The monoisotopic (exact) mass is 409 g/mol. The van der Waals surface area contributed by atoms with E-state index in [0.29, 0.717) is 19.7 Å². The molecule has 0 spiro atoms. The van der Waals surface area contributed by atoms with Crippen molar-refractivity contribution in [3.63, 3.8) is 0 Å². The van der Waals surface area contributed by atoms with E-state index < -0.39 is 0 Å². The van der Waals surface area contributed by atoms with Crippen molar-refractivity contribution in [3.05, 3.63) is 54.4 Å². The van der Waals surface area contributed by atoms with E-state index in [1.54, 1.807) is 17.3 Å². The van der Waals surface area contributed by atoms with Crippen LogP contribution in [0.2, 0.25) is 0 Å². The number of carbonyl (C=O) groups is 2. The Kier molecular flexibility index (Phi) is 6.63. The minimum Gasteiger partial charge on any atom is -0.370 e. The number of amides is 2. The van der Waals surface area contributed by atoms with Crippen LogP contribution in [-0.4, -0.2) is 68.3 Å². The molecule has 1 saturated heterocycles. The summed E-state index contributed by atoms with van der Waals surface area (Å²) in [5, 5.41) is 0. The predicted molar refractivity (Wildman–Crippen MR) is 109 cm³/mol. The summed E-state index contributed by atoms with van der Waals surface area (Å²) in [5.74, 6) is -0.311. The zero-order valence-corrected chi connectivity index (χ0v) is 17.0. The van der Waals surface area contributed by atoms with Crippen LogP contribution in [0.4, 0.5) is 0 Å². The number of pyridine rings is 1. The summed E-state index contributed by atoms with van der Waals surface area (Å²) in [7, 11) is 0. The number of nitrogens with zero attached hydrogens (tertiary/aromatic N) is 5. The lowest BCUT2D eigenvalue weighted by Crippen LogP contribution is -2.46. The van der Waals surface area contributed by atoms with Crippen molar-refractivity contribution in [3.8, 4) is 0 Å². The maximum atomic E-state index is 13.1. The summed E-state index contributed by atoms with van der Waals surface area (Å²) < 4.78 is 6.18. The molecule has 2 aliphatic rings. The summed E-state index contributed by atoms with van der Waals surface area (Å²) in [6.07, 6.45) is 13.2. The Balaban J connectivity index is 1.52. The molecule has 8 heteroatoms. The van der Waals surface area contributed by atoms with Gasteiger partial charge in [0.05, 0.1) is 18.9 Å². The van der Waals surface area contributed by atoms with Gasteiger partial charge in [0, 0.05) is 43.9 Å². The number of carbonyl (C=O) groups excluding carboxylic acids is 2. The molecule has 1 saturated carbocycles. The normalized spacial score (nSPS) is 20.8. The van der Waals surface area contributed by atoms with Crippen LogP contribution in [-0.2, 0) is 16.1 Å². The highest BCUT2D eigenvalue weighted by atomic mass is 16.5. The number of aromatic nitrogens is 3. The quantitative estimate of drug-likeness (QED) is 0.751. The van der Waals surface area contributed by atoms with Gasteiger partial charge in [0.15, 0.2) is 0 Å². The van der Waals surface area contributed by atoms with Gasteiger partial charge in [0.2, 0.25) is 5.91 Å². The standard InChI is InChI=1S/C22H27N5O3/c28-21-15-26(22(29)20-12-24-10-11-25-20)13-19(30-16-17-6-8-23-9-7-17)14-27(21)18-4-2-1-3-5-18/h6-12,18-19H,1-5,13-16H2. The highest BCUT2D eigenvalue weighted by Crippen LogP contribution is 2.25. The van der Waals surface area contributed by atoms with Crippen molar-refractivity contribution < 1.29 is 14.3 Å². The maximum Gasteiger partial charge on any atom is 0.274 e. The van der Waals surface area contributed by atoms with Crippen LogP contribution in [0.1, 0.15) is 48.2 Å². The van der Waals surface area contributed by atoms with Crippen molar-refractivity contribution in [1.29, 1.82) is 0 Å². The van der Waals surface area contributed by atoms with Crippen LogP contribution in [0.3, 0.4) is 0 Å². The van der Waals surface area contributed by atoms with Gasteiger partial charge in [0.25, 0.3) is 5.91 Å². The lowest BCUT2D eigenvalue weighted by Gasteiger charge is -2.34. The third kappa shape index (κ3) is 4.99. The van der Waals surface area contributed by atoms with E-state index in [2.05, 4.69) is 15.0 Å². The molecule has 4 rings (SSSR count). The molecule has 0 bridgehead atoms. The van der Waals surface area contributed by atoms with Crippen LogP contribution in [0, 0.1) is 0 Å². The van der Waals surface area contributed by atoms with Gasteiger partial charge in [-0.15, -0.1) is 0 Å². The average Bonchev–Trinajstić information content (AvgIpc) is 2.98. The molecule has 158 valence electrons. The summed E-state index contributed by atoms with van der Waals surface area (Å²) >= 11 is 0. The highest BCUT2D eigenvalue weighted by Gasteiger charge is 2.35. The van der Waals surface area contributed by atoms with Gasteiger partial charge in [-0.3, -0.25) is 19.6 Å². The van der Waals surface area contributed by atoms with Crippen LogP contribution >= 0.6 is 0 Å². The fourth-order valence-corrected chi connectivity index (χ4v) is 4.21. The summed E-state index contributed by atoms with van der Waals surface area (Å²) in [4.78, 5) is 41.7. The lowest BCUT2D eigenvalue weighted by atomic mass is 9.94. The minimum atomic E-state index is -0.292. The molecule has 0 aromatic carbocycles. The van der Waals surface area contributed by atoms with Gasteiger partial charge in [0.1, 0.15) is 12.2 Å². The van der Waals surface area contributed by atoms with Crippen LogP contribution in [0.25, 0.3) is 0 Å². The molecule has 8 nitrogen and oxygen atoms in total. The Morgan fingerprint density at radius 1 is 1.03 bits per heavy atom. The van der Waals surface area contributed by atoms with E-state index in [1.165, 1.54) is 25.0 Å². The second kappa shape index (κ2) is 9.75. The van der Waals surface area contributed by atoms with Crippen molar-refractivity contribution in [2.75, 3.05) is 19.6 Å². The molecule has 2 amide bonds. The molecule has 0 N–H and O–H groups in total. The Labute approximate surface area is 176 Å². The summed E-state index contributed by atoms with van der Waals surface area (Å²) in [5.41, 5.74) is 1.25. The first-order valence-corrected chi connectivity index (χ1v) is 10.6. The van der Waals surface area contributed by atoms with E-state index in [9.17, 15) is 9.59 Å². The first-order valence-electron chi connectivity index (χ1n) is 10.6. The number of ether oxygens (including phenoxy) is 1. The predicted octanol–water partition coefficient (Wildman–Crippen LogP) is 2.07. The zero-order valence-electron chi connectivity index (χ0n) is 17.0. The third-order valence-corrected chi connectivity index (χ3v) is 5.79. The van der Waals surface area contributed by atoms with Gasteiger partial charge in [-0.25, -0.2) is 4.98 Å². The molecular weight excluding hydrogens is 382 g/mol. The molecule has 3 heterocycles. The largest absolute Gasteiger partial charge is 0.370 e. The molecule has 0 radical (unpaired) electrons. The van der Waals surface area contributed by atoms with Crippen LogP contribution in [0.5, 0.6) is 0 Å². The molecule has 2 aromatic heterocycles. The molecule has 2 fully saturated rings. The average molecular weight is 409 g/mol. The molecule has 1 aliphatic heterocycles. The Morgan fingerprint density at radius 2 is 1.83 bits per heavy atom. The second-order valence-corrected chi connectivity index (χ2v) is 7.90. The van der Waals surface area contributed by atoms with E-state index >= 15 is 0 Å². The lowest BCUT2D eigenvalue weighted by molar-refractivity contribution is -0.134. The minimum absolute atomic E-state index is 0.0193. The Morgan fingerprint density at radius 3 is 2.57 bits per heavy atom.